The fraction of sp³-hybridized carbons (Fsp3) is 0.441. The number of anilines is 1. The number of hydrogen-bond acceptors (Lipinski definition) is 8. The van der Waals surface area contributed by atoms with Crippen molar-refractivity contribution in [3.8, 4) is 35.5 Å². The molecule has 5 heterocycles. The molecule has 1 N–H and O–H groups in total. The van der Waals surface area contributed by atoms with Crippen molar-refractivity contribution in [3.05, 3.63) is 47.5 Å². The third kappa shape index (κ3) is 4.49. The van der Waals surface area contributed by atoms with E-state index in [1.54, 1.807) is 24.3 Å². The lowest BCUT2D eigenvalue weighted by atomic mass is 9.95. The Morgan fingerprint density at radius 2 is 1.98 bits per heavy atom. The Balaban J connectivity index is 1.32. The lowest BCUT2D eigenvalue weighted by molar-refractivity contribution is 0.107. The highest BCUT2D eigenvalue weighted by atomic mass is 19.1. The van der Waals surface area contributed by atoms with E-state index in [4.69, 9.17) is 20.9 Å². The molecule has 0 unspecified atom stereocenters. The number of ether oxygens (including phenoxy) is 2. The van der Waals surface area contributed by atoms with Gasteiger partial charge < -0.3 is 19.5 Å². The summed E-state index contributed by atoms with van der Waals surface area (Å²) in [7, 11) is 0. The topological polar surface area (TPSA) is 83.8 Å². The number of hydrogen-bond donors (Lipinski definition) is 1. The minimum absolute atomic E-state index is 0.00748. The molecule has 2 saturated heterocycles. The SMILES string of the molecule is C#Cc1c(F)ccc2cccc(-c3nc4c5c(nc(OC[C@@]67CCCN6C[C@H](F)C7)nc5c3F)N([C@H]3CCC[C@@H]3O)CCO4)c12. The molecule has 11 heteroatoms. The van der Waals surface area contributed by atoms with Gasteiger partial charge in [-0.25, -0.2) is 18.2 Å². The van der Waals surface area contributed by atoms with Crippen LogP contribution in [-0.2, 0) is 0 Å². The number of alkyl halides is 1. The van der Waals surface area contributed by atoms with E-state index in [1.807, 2.05) is 4.90 Å². The molecule has 3 aliphatic heterocycles. The highest BCUT2D eigenvalue weighted by molar-refractivity contribution is 6.03. The number of benzene rings is 2. The summed E-state index contributed by atoms with van der Waals surface area (Å²) >= 11 is 0. The van der Waals surface area contributed by atoms with E-state index >= 15 is 4.39 Å². The van der Waals surface area contributed by atoms with Crippen molar-refractivity contribution in [1.82, 2.24) is 19.9 Å². The normalized spacial score (nSPS) is 26.2. The highest BCUT2D eigenvalue weighted by Crippen LogP contribution is 2.44. The molecule has 0 bridgehead atoms. The number of fused-ring (bicyclic) bond motifs is 2. The largest absolute Gasteiger partial charge is 0.475 e. The molecule has 2 aromatic carbocycles. The third-order valence-corrected chi connectivity index (χ3v) is 10.0. The van der Waals surface area contributed by atoms with Crippen molar-refractivity contribution in [3.63, 3.8) is 0 Å². The smallest absolute Gasteiger partial charge is 0.319 e. The molecule has 0 spiro atoms. The Kier molecular flexibility index (Phi) is 6.76. The Bertz CT molecular complexity index is 1880. The summed E-state index contributed by atoms with van der Waals surface area (Å²) in [6.07, 6.45) is 8.53. The van der Waals surface area contributed by atoms with Crippen LogP contribution < -0.4 is 14.4 Å². The van der Waals surface area contributed by atoms with Gasteiger partial charge in [0, 0.05) is 23.9 Å². The van der Waals surface area contributed by atoms with Gasteiger partial charge in [0.15, 0.2) is 5.82 Å². The average Bonchev–Trinajstić information content (AvgIpc) is 3.68. The predicted octanol–water partition coefficient (Wildman–Crippen LogP) is 5.17. The van der Waals surface area contributed by atoms with Gasteiger partial charge in [-0.2, -0.15) is 9.97 Å². The van der Waals surface area contributed by atoms with Crippen molar-refractivity contribution >= 4 is 27.5 Å². The summed E-state index contributed by atoms with van der Waals surface area (Å²) < 4.78 is 58.6. The molecule has 2 aromatic heterocycles. The van der Waals surface area contributed by atoms with E-state index in [0.29, 0.717) is 48.1 Å². The first kappa shape index (κ1) is 28.3. The first-order valence-corrected chi connectivity index (χ1v) is 15.6. The zero-order chi connectivity index (χ0) is 30.9. The zero-order valence-corrected chi connectivity index (χ0v) is 24.6. The molecule has 8 nitrogen and oxygen atoms in total. The van der Waals surface area contributed by atoms with E-state index in [0.717, 1.165) is 32.2 Å². The predicted molar refractivity (Wildman–Crippen MR) is 163 cm³/mol. The first-order valence-electron chi connectivity index (χ1n) is 15.6. The maximum Gasteiger partial charge on any atom is 0.319 e. The maximum absolute atomic E-state index is 16.9. The van der Waals surface area contributed by atoms with Crippen LogP contribution in [0.25, 0.3) is 32.9 Å². The third-order valence-electron chi connectivity index (χ3n) is 10.0. The van der Waals surface area contributed by atoms with Crippen LogP contribution in [0.15, 0.2) is 30.3 Å². The van der Waals surface area contributed by atoms with Crippen molar-refractivity contribution in [1.29, 1.82) is 0 Å². The van der Waals surface area contributed by atoms with Crippen LogP contribution in [0.4, 0.5) is 19.0 Å². The summed E-state index contributed by atoms with van der Waals surface area (Å²) in [6.45, 7) is 1.93. The van der Waals surface area contributed by atoms with E-state index < -0.39 is 29.4 Å². The molecule has 45 heavy (non-hydrogen) atoms. The number of terminal acetylenes is 1. The lowest BCUT2D eigenvalue weighted by Crippen LogP contribution is -2.44. The second-order valence-corrected chi connectivity index (χ2v) is 12.6. The number of aromatic nitrogens is 3. The Morgan fingerprint density at radius 1 is 1.09 bits per heavy atom. The van der Waals surface area contributed by atoms with Gasteiger partial charge in [-0.15, -0.1) is 6.42 Å². The van der Waals surface area contributed by atoms with Gasteiger partial charge in [0.25, 0.3) is 0 Å². The van der Waals surface area contributed by atoms with Crippen LogP contribution in [-0.4, -0.2) is 81.7 Å². The molecule has 232 valence electrons. The van der Waals surface area contributed by atoms with E-state index in [9.17, 15) is 13.9 Å². The maximum atomic E-state index is 16.9. The number of pyridine rings is 1. The summed E-state index contributed by atoms with van der Waals surface area (Å²) in [4.78, 5) is 18.1. The Hall–Kier alpha value is -4.14. The van der Waals surface area contributed by atoms with E-state index in [1.165, 1.54) is 6.07 Å². The van der Waals surface area contributed by atoms with Crippen LogP contribution in [0.2, 0.25) is 0 Å². The van der Waals surface area contributed by atoms with E-state index in [-0.39, 0.29) is 53.3 Å². The van der Waals surface area contributed by atoms with Gasteiger partial charge in [0.2, 0.25) is 5.88 Å². The number of rotatable bonds is 5. The summed E-state index contributed by atoms with van der Waals surface area (Å²) in [5, 5.41) is 12.1. The molecule has 4 atom stereocenters. The minimum Gasteiger partial charge on any atom is -0.475 e. The van der Waals surface area contributed by atoms with E-state index in [2.05, 4.69) is 20.8 Å². The monoisotopic (exact) mass is 615 g/mol. The molecular weight excluding hydrogens is 583 g/mol. The molecular formula is C34H32F3N5O3. The number of aliphatic hydroxyl groups excluding tert-OH is 1. The van der Waals surface area contributed by atoms with Crippen molar-refractivity contribution < 1.29 is 27.8 Å². The fourth-order valence-electron chi connectivity index (χ4n) is 7.95. The molecule has 0 radical (unpaired) electrons. The standard InChI is InChI=1S/C34H32F3N5O3/c1-2-21-23(36)11-10-19-6-3-7-22(26(19)21)29-28(37)30-27-31(42(14-15-44-32(27)38-29)24-8-4-9-25(24)43)40-33(39-30)45-18-34-12-5-13-41(34)17-20(35)16-34/h1,3,6-7,10-11,20,24-25,43H,4-5,8-9,12-18H2/t20-,24+,25+,34+/m1/s1. The van der Waals surface area contributed by atoms with Crippen LogP contribution in [0.3, 0.4) is 0 Å². The number of halogens is 3. The van der Waals surface area contributed by atoms with Crippen LogP contribution >= 0.6 is 0 Å². The van der Waals surface area contributed by atoms with Crippen molar-refractivity contribution in [2.75, 3.05) is 37.7 Å². The van der Waals surface area contributed by atoms with Gasteiger partial charge >= 0.3 is 6.01 Å². The van der Waals surface area contributed by atoms with Crippen molar-refractivity contribution in [2.24, 2.45) is 0 Å². The Labute approximate surface area is 258 Å². The molecule has 3 fully saturated rings. The molecule has 4 aliphatic rings. The highest BCUT2D eigenvalue weighted by Gasteiger charge is 2.49. The Morgan fingerprint density at radius 3 is 2.80 bits per heavy atom. The van der Waals surface area contributed by atoms with Crippen LogP contribution in [0, 0.1) is 24.0 Å². The second-order valence-electron chi connectivity index (χ2n) is 12.6. The number of aliphatic hydroxyl groups is 1. The van der Waals surface area contributed by atoms with Crippen LogP contribution in [0.5, 0.6) is 11.9 Å². The molecule has 0 amide bonds. The fourth-order valence-corrected chi connectivity index (χ4v) is 7.95. The molecule has 1 saturated carbocycles. The first-order chi connectivity index (χ1) is 21.9. The van der Waals surface area contributed by atoms with Gasteiger partial charge in [0.1, 0.15) is 47.6 Å². The van der Waals surface area contributed by atoms with Crippen LogP contribution in [0.1, 0.15) is 44.1 Å². The average molecular weight is 616 g/mol. The van der Waals surface area contributed by atoms with Gasteiger partial charge in [-0.3, -0.25) is 4.90 Å². The number of nitrogens with zero attached hydrogens (tertiary/aromatic N) is 5. The molecule has 8 rings (SSSR count). The van der Waals surface area contributed by atoms with Gasteiger partial charge in [-0.1, -0.05) is 30.2 Å². The van der Waals surface area contributed by atoms with Gasteiger partial charge in [-0.05, 0) is 50.1 Å². The zero-order valence-electron chi connectivity index (χ0n) is 24.6. The summed E-state index contributed by atoms with van der Waals surface area (Å²) in [6, 6.07) is 7.73. The summed E-state index contributed by atoms with van der Waals surface area (Å²) in [5.41, 5.74) is -0.308. The molecule has 4 aromatic rings. The van der Waals surface area contributed by atoms with Crippen molar-refractivity contribution in [2.45, 2.75) is 62.4 Å². The van der Waals surface area contributed by atoms with Gasteiger partial charge in [0.05, 0.1) is 29.8 Å². The lowest BCUT2D eigenvalue weighted by Gasteiger charge is -2.32. The molecule has 1 aliphatic carbocycles. The quantitative estimate of drug-likeness (QED) is 0.308. The second kappa shape index (κ2) is 10.7. The summed E-state index contributed by atoms with van der Waals surface area (Å²) in [5.74, 6) is 1.56. The minimum atomic E-state index is -0.931.